The first-order valence-electron chi connectivity index (χ1n) is 4.78. The molecule has 1 saturated heterocycles. The molecule has 80 valence electrons. The van der Waals surface area contributed by atoms with Crippen LogP contribution in [0.1, 0.15) is 33.6 Å². The highest BCUT2D eigenvalue weighted by atomic mass is 16.5. The van der Waals surface area contributed by atoms with Crippen molar-refractivity contribution in [3.05, 3.63) is 0 Å². The Kier molecular flexibility index (Phi) is 2.83. The summed E-state index contributed by atoms with van der Waals surface area (Å²) >= 11 is 0. The van der Waals surface area contributed by atoms with E-state index in [0.29, 0.717) is 12.8 Å². The second-order valence-corrected chi connectivity index (χ2v) is 4.51. The normalized spacial score (nSPS) is 22.7. The molecule has 1 aliphatic rings. The van der Waals surface area contributed by atoms with Crippen molar-refractivity contribution in [1.29, 1.82) is 0 Å². The van der Waals surface area contributed by atoms with Crippen molar-refractivity contribution in [2.24, 2.45) is 0 Å². The van der Waals surface area contributed by atoms with Gasteiger partial charge in [-0.3, -0.25) is 4.79 Å². The van der Waals surface area contributed by atoms with Crippen LogP contribution in [-0.2, 0) is 14.3 Å². The van der Waals surface area contributed by atoms with E-state index in [-0.39, 0.29) is 17.4 Å². The number of carbonyl (C=O) groups is 2. The van der Waals surface area contributed by atoms with Gasteiger partial charge in [0.15, 0.2) is 0 Å². The summed E-state index contributed by atoms with van der Waals surface area (Å²) in [6.45, 7) is 5.77. The topological polar surface area (TPSA) is 46.6 Å². The maximum absolute atomic E-state index is 11.6. The quantitative estimate of drug-likeness (QED) is 0.591. The average Bonchev–Trinajstić information content (AvgIpc) is 2.44. The van der Waals surface area contributed by atoms with Crippen LogP contribution in [0.5, 0.6) is 0 Å². The summed E-state index contributed by atoms with van der Waals surface area (Å²) in [5.41, 5.74) is -0.313. The fourth-order valence-electron chi connectivity index (χ4n) is 1.88. The van der Waals surface area contributed by atoms with Crippen LogP contribution in [0.4, 0.5) is 0 Å². The fourth-order valence-corrected chi connectivity index (χ4v) is 1.88. The van der Waals surface area contributed by atoms with E-state index in [1.165, 1.54) is 7.11 Å². The van der Waals surface area contributed by atoms with Crippen LogP contribution in [0.2, 0.25) is 0 Å². The molecule has 4 nitrogen and oxygen atoms in total. The van der Waals surface area contributed by atoms with Crippen LogP contribution in [0.15, 0.2) is 0 Å². The van der Waals surface area contributed by atoms with Gasteiger partial charge in [-0.05, 0) is 27.2 Å². The molecule has 4 heteroatoms. The average molecular weight is 199 g/mol. The molecule has 0 aromatic heterocycles. The number of ether oxygens (including phenoxy) is 1. The van der Waals surface area contributed by atoms with Crippen molar-refractivity contribution in [3.8, 4) is 0 Å². The number of hydrogen-bond acceptors (Lipinski definition) is 3. The summed E-state index contributed by atoms with van der Waals surface area (Å²) < 4.78 is 4.68. The number of amides is 1. The van der Waals surface area contributed by atoms with Gasteiger partial charge in [-0.25, -0.2) is 4.79 Å². The lowest BCUT2D eigenvalue weighted by Gasteiger charge is -2.35. The number of rotatable bonds is 1. The van der Waals surface area contributed by atoms with E-state index in [0.717, 1.165) is 0 Å². The molecule has 0 spiro atoms. The highest BCUT2D eigenvalue weighted by Crippen LogP contribution is 2.28. The Morgan fingerprint density at radius 2 is 2.07 bits per heavy atom. The van der Waals surface area contributed by atoms with E-state index in [9.17, 15) is 9.59 Å². The van der Waals surface area contributed by atoms with Gasteiger partial charge >= 0.3 is 5.97 Å². The van der Waals surface area contributed by atoms with Crippen molar-refractivity contribution < 1.29 is 14.3 Å². The third-order valence-electron chi connectivity index (χ3n) is 2.41. The molecule has 1 amide bonds. The molecule has 0 aromatic rings. The molecule has 0 N–H and O–H groups in total. The van der Waals surface area contributed by atoms with Crippen molar-refractivity contribution in [3.63, 3.8) is 0 Å². The van der Waals surface area contributed by atoms with E-state index < -0.39 is 6.04 Å². The van der Waals surface area contributed by atoms with Gasteiger partial charge in [0.2, 0.25) is 5.91 Å². The summed E-state index contributed by atoms with van der Waals surface area (Å²) in [5.74, 6) is -0.279. The van der Waals surface area contributed by atoms with Crippen molar-refractivity contribution in [2.45, 2.75) is 45.2 Å². The lowest BCUT2D eigenvalue weighted by Crippen LogP contribution is -2.50. The monoisotopic (exact) mass is 199 g/mol. The predicted octanol–water partition coefficient (Wildman–Crippen LogP) is 0.949. The van der Waals surface area contributed by atoms with Crippen LogP contribution < -0.4 is 0 Å². The minimum Gasteiger partial charge on any atom is -0.467 e. The van der Waals surface area contributed by atoms with Gasteiger partial charge in [-0.1, -0.05) is 0 Å². The molecular weight excluding hydrogens is 182 g/mol. The summed E-state index contributed by atoms with van der Waals surface area (Å²) in [7, 11) is 1.35. The van der Waals surface area contributed by atoms with Crippen LogP contribution in [0.25, 0.3) is 0 Å². The summed E-state index contributed by atoms with van der Waals surface area (Å²) in [4.78, 5) is 24.6. The van der Waals surface area contributed by atoms with Gasteiger partial charge in [0.1, 0.15) is 6.04 Å². The molecule has 1 heterocycles. The van der Waals surface area contributed by atoms with E-state index in [4.69, 9.17) is 0 Å². The molecule has 0 aliphatic carbocycles. The minimum atomic E-state index is -0.396. The fraction of sp³-hybridized carbons (Fsp3) is 0.800. The van der Waals surface area contributed by atoms with Gasteiger partial charge in [0.25, 0.3) is 0 Å². The van der Waals surface area contributed by atoms with Crippen molar-refractivity contribution in [1.82, 2.24) is 4.90 Å². The number of nitrogens with zero attached hydrogens (tertiary/aromatic N) is 1. The molecule has 14 heavy (non-hydrogen) atoms. The predicted molar refractivity (Wildman–Crippen MR) is 51.6 cm³/mol. The molecule has 0 saturated carbocycles. The van der Waals surface area contributed by atoms with Gasteiger partial charge in [-0.15, -0.1) is 0 Å². The van der Waals surface area contributed by atoms with Crippen LogP contribution >= 0.6 is 0 Å². The second kappa shape index (κ2) is 3.59. The smallest absolute Gasteiger partial charge is 0.328 e. The first-order valence-corrected chi connectivity index (χ1v) is 4.78. The molecule has 1 aliphatic heterocycles. The molecule has 0 radical (unpaired) electrons. The summed E-state index contributed by atoms with van der Waals surface area (Å²) in [6, 6.07) is -0.396. The first kappa shape index (κ1) is 11.0. The van der Waals surface area contributed by atoms with Gasteiger partial charge in [0.05, 0.1) is 7.11 Å². The van der Waals surface area contributed by atoms with Crippen LogP contribution in [-0.4, -0.2) is 35.5 Å². The Morgan fingerprint density at radius 1 is 1.50 bits per heavy atom. The Hall–Kier alpha value is -1.06. The molecule has 1 unspecified atom stereocenters. The Bertz CT molecular complexity index is 255. The van der Waals surface area contributed by atoms with Crippen LogP contribution in [0.3, 0.4) is 0 Å². The van der Waals surface area contributed by atoms with Crippen LogP contribution in [0, 0.1) is 0 Å². The van der Waals surface area contributed by atoms with E-state index in [2.05, 4.69) is 4.74 Å². The summed E-state index contributed by atoms with van der Waals surface area (Å²) in [6.07, 6.45) is 1.01. The molecular formula is C10H17NO3. The number of methoxy groups -OCH3 is 1. The van der Waals surface area contributed by atoms with E-state index in [1.54, 1.807) is 4.90 Å². The van der Waals surface area contributed by atoms with E-state index in [1.807, 2.05) is 20.8 Å². The number of hydrogen-bond donors (Lipinski definition) is 0. The summed E-state index contributed by atoms with van der Waals surface area (Å²) in [5, 5.41) is 0. The van der Waals surface area contributed by atoms with Gasteiger partial charge < -0.3 is 9.64 Å². The second-order valence-electron chi connectivity index (χ2n) is 4.51. The highest BCUT2D eigenvalue weighted by Gasteiger charge is 2.42. The number of esters is 1. The van der Waals surface area contributed by atoms with Gasteiger partial charge in [-0.2, -0.15) is 0 Å². The lowest BCUT2D eigenvalue weighted by molar-refractivity contribution is -0.152. The maximum atomic E-state index is 11.6. The van der Waals surface area contributed by atoms with Crippen molar-refractivity contribution >= 4 is 11.9 Å². The SMILES string of the molecule is COC(=O)C1CCC(=O)N1C(C)(C)C. The zero-order valence-electron chi connectivity index (χ0n) is 9.16. The number of carbonyl (C=O) groups excluding carboxylic acids is 2. The third kappa shape index (κ3) is 1.89. The lowest BCUT2D eigenvalue weighted by atomic mass is 10.0. The largest absolute Gasteiger partial charge is 0.467 e. The molecule has 0 bridgehead atoms. The third-order valence-corrected chi connectivity index (χ3v) is 2.41. The Labute approximate surface area is 84.2 Å². The highest BCUT2D eigenvalue weighted by molar-refractivity contribution is 5.88. The minimum absolute atomic E-state index is 0.0351. The standard InChI is InChI=1S/C10H17NO3/c1-10(2,3)11-7(9(13)14-4)5-6-8(11)12/h7H,5-6H2,1-4H3. The van der Waals surface area contributed by atoms with Gasteiger partial charge in [0, 0.05) is 12.0 Å². The number of likely N-dealkylation sites (tertiary alicyclic amines) is 1. The Morgan fingerprint density at radius 3 is 2.50 bits per heavy atom. The first-order chi connectivity index (χ1) is 6.38. The maximum Gasteiger partial charge on any atom is 0.328 e. The molecule has 1 atom stereocenters. The zero-order valence-corrected chi connectivity index (χ0v) is 9.16. The van der Waals surface area contributed by atoms with E-state index >= 15 is 0 Å². The molecule has 1 fully saturated rings. The molecule has 1 rings (SSSR count). The zero-order chi connectivity index (χ0) is 10.9. The van der Waals surface area contributed by atoms with Crippen molar-refractivity contribution in [2.75, 3.05) is 7.11 Å². The molecule has 0 aromatic carbocycles. The Balaban J connectivity index is 2.88.